The van der Waals surface area contributed by atoms with E-state index in [1.54, 1.807) is 0 Å². The highest BCUT2D eigenvalue weighted by molar-refractivity contribution is 7.18. The van der Waals surface area contributed by atoms with Crippen LogP contribution in [-0.4, -0.2) is 45.5 Å². The van der Waals surface area contributed by atoms with Crippen LogP contribution in [0.25, 0.3) is 0 Å². The Morgan fingerprint density at radius 3 is 2.73 bits per heavy atom. The summed E-state index contributed by atoms with van der Waals surface area (Å²) in [5.41, 5.74) is 6.52. The standard InChI is InChI=1S/C15H15N7O2S2/c16-12-18-20-14(25-12)22-7-10(8-22)24-15-21-19-13(26-15)17-11(23)6-9-4-2-1-3-5-9/h1-5,10H,6-8H2,(H2,16,18)(H,17,19,23). The number of benzene rings is 1. The molecule has 3 heterocycles. The molecule has 1 amide bonds. The summed E-state index contributed by atoms with van der Waals surface area (Å²) < 4.78 is 5.77. The van der Waals surface area contributed by atoms with E-state index in [4.69, 9.17) is 10.5 Å². The molecule has 0 saturated carbocycles. The maximum Gasteiger partial charge on any atom is 0.296 e. The first-order chi connectivity index (χ1) is 12.7. The Bertz CT molecular complexity index is 892. The first-order valence-corrected chi connectivity index (χ1v) is 9.47. The molecule has 9 nitrogen and oxygen atoms in total. The van der Waals surface area contributed by atoms with Crippen molar-refractivity contribution in [2.24, 2.45) is 0 Å². The molecule has 1 aliphatic heterocycles. The summed E-state index contributed by atoms with van der Waals surface area (Å²) >= 11 is 2.55. The fourth-order valence-electron chi connectivity index (χ4n) is 2.42. The third kappa shape index (κ3) is 3.89. The highest BCUT2D eigenvalue weighted by atomic mass is 32.1. The van der Waals surface area contributed by atoms with Crippen molar-refractivity contribution >= 4 is 44.0 Å². The van der Waals surface area contributed by atoms with E-state index in [-0.39, 0.29) is 12.0 Å². The topological polar surface area (TPSA) is 119 Å². The maximum absolute atomic E-state index is 12.0. The van der Waals surface area contributed by atoms with Crippen LogP contribution >= 0.6 is 22.7 Å². The fourth-order valence-corrected chi connectivity index (χ4v) is 3.72. The predicted molar refractivity (Wildman–Crippen MR) is 99.6 cm³/mol. The van der Waals surface area contributed by atoms with Crippen molar-refractivity contribution in [2.75, 3.05) is 29.0 Å². The molecule has 3 aromatic rings. The maximum atomic E-state index is 12.0. The summed E-state index contributed by atoms with van der Waals surface area (Å²) in [7, 11) is 0. The quantitative estimate of drug-likeness (QED) is 0.650. The van der Waals surface area contributed by atoms with Crippen molar-refractivity contribution in [3.8, 4) is 5.19 Å². The zero-order valence-corrected chi connectivity index (χ0v) is 15.2. The van der Waals surface area contributed by atoms with Crippen LogP contribution in [0, 0.1) is 0 Å². The summed E-state index contributed by atoms with van der Waals surface area (Å²) in [6.07, 6.45) is 0.292. The number of nitrogens with two attached hydrogens (primary N) is 1. The van der Waals surface area contributed by atoms with Crippen LogP contribution < -0.4 is 20.7 Å². The van der Waals surface area contributed by atoms with E-state index in [2.05, 4.69) is 25.7 Å². The van der Waals surface area contributed by atoms with E-state index >= 15 is 0 Å². The van der Waals surface area contributed by atoms with E-state index in [9.17, 15) is 4.79 Å². The zero-order valence-electron chi connectivity index (χ0n) is 13.5. The number of rotatable bonds is 6. The molecule has 26 heavy (non-hydrogen) atoms. The number of nitrogen functional groups attached to an aromatic ring is 1. The number of nitrogens with zero attached hydrogens (tertiary/aromatic N) is 5. The van der Waals surface area contributed by atoms with E-state index in [1.807, 2.05) is 35.2 Å². The average molecular weight is 389 g/mol. The van der Waals surface area contributed by atoms with Gasteiger partial charge in [-0.05, 0) is 16.9 Å². The second-order valence-corrected chi connectivity index (χ2v) is 7.58. The molecule has 0 unspecified atom stereocenters. The number of anilines is 3. The number of aromatic nitrogens is 4. The summed E-state index contributed by atoms with van der Waals surface area (Å²) in [6, 6.07) is 9.52. The third-order valence-corrected chi connectivity index (χ3v) is 5.22. The molecule has 0 aliphatic carbocycles. The lowest BCUT2D eigenvalue weighted by Gasteiger charge is -2.37. The number of ether oxygens (including phenoxy) is 1. The van der Waals surface area contributed by atoms with Gasteiger partial charge < -0.3 is 20.7 Å². The molecule has 3 N–H and O–H groups in total. The summed E-state index contributed by atoms with van der Waals surface area (Å²) in [4.78, 5) is 14.1. The van der Waals surface area contributed by atoms with Gasteiger partial charge in [0.2, 0.25) is 21.3 Å². The van der Waals surface area contributed by atoms with Crippen LogP contribution in [0.3, 0.4) is 0 Å². The number of hydrogen-bond acceptors (Lipinski definition) is 10. The predicted octanol–water partition coefficient (Wildman–Crippen LogP) is 1.42. The molecule has 0 bridgehead atoms. The minimum atomic E-state index is -0.137. The Labute approximate surface area is 156 Å². The van der Waals surface area contributed by atoms with E-state index in [0.29, 0.717) is 35.0 Å². The molecule has 0 spiro atoms. The minimum Gasteiger partial charge on any atom is -0.462 e. The summed E-state index contributed by atoms with van der Waals surface area (Å²) in [5, 5.41) is 20.5. The van der Waals surface area contributed by atoms with Gasteiger partial charge in [0.1, 0.15) is 6.10 Å². The molecule has 134 valence electrons. The lowest BCUT2D eigenvalue weighted by Crippen LogP contribution is -2.54. The number of amides is 1. The van der Waals surface area contributed by atoms with Gasteiger partial charge in [-0.15, -0.1) is 15.3 Å². The molecule has 0 radical (unpaired) electrons. The van der Waals surface area contributed by atoms with E-state index < -0.39 is 0 Å². The van der Waals surface area contributed by atoms with Crippen LogP contribution in [-0.2, 0) is 11.2 Å². The van der Waals surface area contributed by atoms with Gasteiger partial charge >= 0.3 is 0 Å². The Morgan fingerprint density at radius 2 is 2.00 bits per heavy atom. The Balaban J connectivity index is 1.25. The van der Waals surface area contributed by atoms with Crippen LogP contribution in [0.5, 0.6) is 5.19 Å². The van der Waals surface area contributed by atoms with Crippen molar-refractivity contribution < 1.29 is 9.53 Å². The van der Waals surface area contributed by atoms with Crippen molar-refractivity contribution in [2.45, 2.75) is 12.5 Å². The first-order valence-electron chi connectivity index (χ1n) is 7.83. The number of hydrogen-bond donors (Lipinski definition) is 2. The van der Waals surface area contributed by atoms with Gasteiger partial charge in [-0.3, -0.25) is 4.79 Å². The van der Waals surface area contributed by atoms with E-state index in [0.717, 1.165) is 10.7 Å². The zero-order chi connectivity index (χ0) is 17.9. The van der Waals surface area contributed by atoms with Gasteiger partial charge in [-0.1, -0.05) is 46.8 Å². The Morgan fingerprint density at radius 1 is 1.19 bits per heavy atom. The second kappa shape index (κ2) is 7.22. The van der Waals surface area contributed by atoms with Crippen molar-refractivity contribution in [3.05, 3.63) is 35.9 Å². The van der Waals surface area contributed by atoms with Crippen molar-refractivity contribution in [1.82, 2.24) is 20.4 Å². The lowest BCUT2D eigenvalue weighted by atomic mass is 10.1. The molecule has 2 aromatic heterocycles. The van der Waals surface area contributed by atoms with Crippen LogP contribution in [0.4, 0.5) is 15.4 Å². The number of carbonyl (C=O) groups excluding carboxylic acids is 1. The highest BCUT2D eigenvalue weighted by Crippen LogP contribution is 2.29. The SMILES string of the molecule is Nc1nnc(N2CC(Oc3nnc(NC(=O)Cc4ccccc4)s3)C2)s1. The van der Waals surface area contributed by atoms with Crippen LogP contribution in [0.1, 0.15) is 5.56 Å². The highest BCUT2D eigenvalue weighted by Gasteiger charge is 2.31. The molecule has 1 saturated heterocycles. The largest absolute Gasteiger partial charge is 0.462 e. The van der Waals surface area contributed by atoms with E-state index in [1.165, 1.54) is 22.7 Å². The minimum absolute atomic E-state index is 0.000875. The molecule has 1 fully saturated rings. The molecular weight excluding hydrogens is 374 g/mol. The molecule has 4 rings (SSSR count). The van der Waals surface area contributed by atoms with Gasteiger partial charge in [0.25, 0.3) is 5.19 Å². The molecule has 1 aliphatic rings. The third-order valence-electron chi connectivity index (χ3n) is 3.68. The van der Waals surface area contributed by atoms with Crippen LogP contribution in [0.15, 0.2) is 30.3 Å². The van der Waals surface area contributed by atoms with Crippen LogP contribution in [0.2, 0.25) is 0 Å². The Kier molecular flexibility index (Phi) is 4.63. The molecule has 11 heteroatoms. The Hall–Kier alpha value is -2.79. The van der Waals surface area contributed by atoms with Gasteiger partial charge in [-0.25, -0.2) is 0 Å². The normalized spacial score (nSPS) is 14.1. The molecule has 1 aromatic carbocycles. The average Bonchev–Trinajstić information content (AvgIpc) is 3.20. The smallest absolute Gasteiger partial charge is 0.296 e. The van der Waals surface area contributed by atoms with Gasteiger partial charge in [-0.2, -0.15) is 0 Å². The second-order valence-electron chi connectivity index (χ2n) is 5.65. The number of carbonyl (C=O) groups is 1. The molecule has 0 atom stereocenters. The summed E-state index contributed by atoms with van der Waals surface area (Å²) in [6.45, 7) is 1.37. The van der Waals surface area contributed by atoms with Gasteiger partial charge in [0.15, 0.2) is 0 Å². The van der Waals surface area contributed by atoms with Crippen molar-refractivity contribution in [1.29, 1.82) is 0 Å². The fraction of sp³-hybridized carbons (Fsp3) is 0.267. The first kappa shape index (κ1) is 16.7. The van der Waals surface area contributed by atoms with Gasteiger partial charge in [0.05, 0.1) is 19.5 Å². The molecular formula is C15H15N7O2S2. The lowest BCUT2D eigenvalue weighted by molar-refractivity contribution is -0.115. The monoisotopic (exact) mass is 389 g/mol. The summed E-state index contributed by atoms with van der Waals surface area (Å²) in [5.74, 6) is -0.137. The van der Waals surface area contributed by atoms with Crippen molar-refractivity contribution in [3.63, 3.8) is 0 Å². The van der Waals surface area contributed by atoms with Gasteiger partial charge in [0, 0.05) is 0 Å². The number of nitrogens with one attached hydrogen (secondary N) is 1.